The molecule has 1 N–H and O–H groups in total. The summed E-state index contributed by atoms with van der Waals surface area (Å²) in [5.74, 6) is 0.768. The van der Waals surface area contributed by atoms with Gasteiger partial charge in [0.25, 0.3) is 0 Å². The van der Waals surface area contributed by atoms with Crippen LogP contribution in [0, 0.1) is 0 Å². The predicted octanol–water partition coefficient (Wildman–Crippen LogP) is 3.02. The van der Waals surface area contributed by atoms with Crippen molar-refractivity contribution in [1.29, 1.82) is 0 Å². The molecule has 1 heterocycles. The summed E-state index contributed by atoms with van der Waals surface area (Å²) in [4.78, 5) is 2.37. The van der Waals surface area contributed by atoms with Crippen LogP contribution < -0.4 is 4.74 Å². The number of morpholine rings is 1. The molecule has 1 aliphatic heterocycles. The van der Waals surface area contributed by atoms with Gasteiger partial charge in [-0.15, -0.1) is 0 Å². The molecule has 0 saturated carbocycles. The molecule has 4 nitrogen and oxygen atoms in total. The molecule has 0 radical (unpaired) electrons. The molecule has 3 rings (SSSR count). The Bertz CT molecular complexity index is 649. The SMILES string of the molecule is COc1ccc([C@](C)(O)[C@@H](CN2CCOCC2)c2ccccc2)cc1. The average Bonchev–Trinajstić information content (AvgIpc) is 2.67. The van der Waals surface area contributed by atoms with Gasteiger partial charge in [0.15, 0.2) is 0 Å². The largest absolute Gasteiger partial charge is 0.497 e. The van der Waals surface area contributed by atoms with Crippen LogP contribution in [0.4, 0.5) is 0 Å². The Morgan fingerprint density at radius 3 is 2.32 bits per heavy atom. The molecular formula is C21H27NO3. The van der Waals surface area contributed by atoms with Crippen molar-refractivity contribution in [2.24, 2.45) is 0 Å². The van der Waals surface area contributed by atoms with E-state index in [0.717, 1.165) is 49.7 Å². The highest BCUT2D eigenvalue weighted by atomic mass is 16.5. The van der Waals surface area contributed by atoms with Crippen LogP contribution in [0.2, 0.25) is 0 Å². The van der Waals surface area contributed by atoms with Crippen LogP contribution in [-0.2, 0) is 10.3 Å². The molecule has 0 spiro atoms. The molecule has 2 aromatic rings. The second-order valence-electron chi connectivity index (χ2n) is 6.75. The monoisotopic (exact) mass is 341 g/mol. The molecule has 25 heavy (non-hydrogen) atoms. The van der Waals surface area contributed by atoms with Crippen LogP contribution in [0.3, 0.4) is 0 Å². The van der Waals surface area contributed by atoms with Gasteiger partial charge in [0.05, 0.1) is 25.9 Å². The van der Waals surface area contributed by atoms with Crippen LogP contribution in [-0.4, -0.2) is 50.0 Å². The lowest BCUT2D eigenvalue weighted by Crippen LogP contribution is -2.43. The normalized spacial score (nSPS) is 19.2. The first kappa shape index (κ1) is 17.9. The standard InChI is InChI=1S/C21H27NO3/c1-21(23,18-8-10-19(24-2)11-9-18)20(17-6-4-3-5-7-17)16-22-12-14-25-15-13-22/h3-11,20,23H,12-16H2,1-2H3/t20-,21-/m0/s1. The Balaban J connectivity index is 1.90. The van der Waals surface area contributed by atoms with Gasteiger partial charge in [-0.1, -0.05) is 42.5 Å². The number of aliphatic hydroxyl groups is 1. The molecule has 134 valence electrons. The summed E-state index contributed by atoms with van der Waals surface area (Å²) < 4.78 is 10.7. The molecule has 1 saturated heterocycles. The van der Waals surface area contributed by atoms with Gasteiger partial charge in [-0.25, -0.2) is 0 Å². The summed E-state index contributed by atoms with van der Waals surface area (Å²) in [6.07, 6.45) is 0. The minimum absolute atomic E-state index is 0.0276. The van der Waals surface area contributed by atoms with E-state index in [2.05, 4.69) is 17.0 Å². The Labute approximate surface area is 150 Å². The maximum Gasteiger partial charge on any atom is 0.118 e. The van der Waals surface area contributed by atoms with Crippen molar-refractivity contribution in [3.05, 3.63) is 65.7 Å². The van der Waals surface area contributed by atoms with Crippen molar-refractivity contribution in [2.75, 3.05) is 40.0 Å². The topological polar surface area (TPSA) is 41.9 Å². The van der Waals surface area contributed by atoms with E-state index in [4.69, 9.17) is 9.47 Å². The highest BCUT2D eigenvalue weighted by Crippen LogP contribution is 2.38. The maximum absolute atomic E-state index is 11.5. The average molecular weight is 341 g/mol. The van der Waals surface area contributed by atoms with E-state index in [-0.39, 0.29) is 5.92 Å². The minimum Gasteiger partial charge on any atom is -0.497 e. The Morgan fingerprint density at radius 1 is 1.08 bits per heavy atom. The Hall–Kier alpha value is -1.88. The van der Waals surface area contributed by atoms with Gasteiger partial charge in [-0.2, -0.15) is 0 Å². The zero-order valence-electron chi connectivity index (χ0n) is 15.0. The summed E-state index contributed by atoms with van der Waals surface area (Å²) in [5, 5.41) is 11.5. The van der Waals surface area contributed by atoms with Gasteiger partial charge in [-0.05, 0) is 30.2 Å². The highest BCUT2D eigenvalue weighted by molar-refractivity contribution is 5.35. The first-order valence-electron chi connectivity index (χ1n) is 8.83. The van der Waals surface area contributed by atoms with Crippen molar-refractivity contribution in [3.63, 3.8) is 0 Å². The molecule has 1 fully saturated rings. The maximum atomic E-state index is 11.5. The van der Waals surface area contributed by atoms with E-state index in [0.29, 0.717) is 0 Å². The summed E-state index contributed by atoms with van der Waals surface area (Å²) in [6.45, 7) is 6.03. The lowest BCUT2D eigenvalue weighted by Gasteiger charge is -2.38. The van der Waals surface area contributed by atoms with E-state index >= 15 is 0 Å². The van der Waals surface area contributed by atoms with Crippen molar-refractivity contribution < 1.29 is 14.6 Å². The lowest BCUT2D eigenvalue weighted by atomic mass is 9.78. The number of ether oxygens (including phenoxy) is 2. The van der Waals surface area contributed by atoms with Crippen LogP contribution in [0.15, 0.2) is 54.6 Å². The molecular weight excluding hydrogens is 314 g/mol. The van der Waals surface area contributed by atoms with Crippen molar-refractivity contribution in [1.82, 2.24) is 4.90 Å². The lowest BCUT2D eigenvalue weighted by molar-refractivity contribution is -0.0107. The number of rotatable bonds is 6. The van der Waals surface area contributed by atoms with E-state index in [9.17, 15) is 5.11 Å². The number of hydrogen-bond acceptors (Lipinski definition) is 4. The Kier molecular flexibility index (Phi) is 5.74. The van der Waals surface area contributed by atoms with Gasteiger partial charge in [0.2, 0.25) is 0 Å². The second-order valence-corrected chi connectivity index (χ2v) is 6.75. The smallest absolute Gasteiger partial charge is 0.118 e. The molecule has 0 bridgehead atoms. The molecule has 0 amide bonds. The fourth-order valence-corrected chi connectivity index (χ4v) is 3.46. The third kappa shape index (κ3) is 4.21. The van der Waals surface area contributed by atoms with Gasteiger partial charge in [0, 0.05) is 25.6 Å². The molecule has 2 aromatic carbocycles. The van der Waals surface area contributed by atoms with Gasteiger partial charge in [0.1, 0.15) is 5.75 Å². The van der Waals surface area contributed by atoms with Crippen LogP contribution >= 0.6 is 0 Å². The molecule has 2 atom stereocenters. The minimum atomic E-state index is -0.980. The molecule has 4 heteroatoms. The van der Waals surface area contributed by atoms with Crippen LogP contribution in [0.5, 0.6) is 5.75 Å². The highest BCUT2D eigenvalue weighted by Gasteiger charge is 2.36. The summed E-state index contributed by atoms with van der Waals surface area (Å²) in [7, 11) is 1.65. The molecule has 0 aliphatic carbocycles. The fraction of sp³-hybridized carbons (Fsp3) is 0.429. The van der Waals surface area contributed by atoms with Crippen molar-refractivity contribution in [2.45, 2.75) is 18.4 Å². The summed E-state index contributed by atoms with van der Waals surface area (Å²) in [5.41, 5.74) is 1.07. The third-order valence-electron chi connectivity index (χ3n) is 5.10. The summed E-state index contributed by atoms with van der Waals surface area (Å²) in [6, 6.07) is 18.0. The van der Waals surface area contributed by atoms with Crippen molar-refractivity contribution in [3.8, 4) is 5.75 Å². The summed E-state index contributed by atoms with van der Waals surface area (Å²) >= 11 is 0. The van der Waals surface area contributed by atoms with Gasteiger partial charge in [-0.3, -0.25) is 4.90 Å². The second kappa shape index (κ2) is 8.00. The quantitative estimate of drug-likeness (QED) is 0.877. The van der Waals surface area contributed by atoms with E-state index in [1.54, 1.807) is 7.11 Å². The fourth-order valence-electron chi connectivity index (χ4n) is 3.46. The third-order valence-corrected chi connectivity index (χ3v) is 5.10. The van der Waals surface area contributed by atoms with Gasteiger partial charge >= 0.3 is 0 Å². The predicted molar refractivity (Wildman–Crippen MR) is 99.0 cm³/mol. The molecule has 0 unspecified atom stereocenters. The van der Waals surface area contributed by atoms with E-state index < -0.39 is 5.60 Å². The number of benzene rings is 2. The Morgan fingerprint density at radius 2 is 1.72 bits per heavy atom. The van der Waals surface area contributed by atoms with Crippen LogP contribution in [0.1, 0.15) is 24.0 Å². The number of methoxy groups -OCH3 is 1. The zero-order chi connectivity index (χ0) is 17.7. The van der Waals surface area contributed by atoms with Crippen molar-refractivity contribution >= 4 is 0 Å². The molecule has 0 aromatic heterocycles. The van der Waals surface area contributed by atoms with Crippen LogP contribution in [0.25, 0.3) is 0 Å². The van der Waals surface area contributed by atoms with Gasteiger partial charge < -0.3 is 14.6 Å². The first-order chi connectivity index (χ1) is 12.1. The van der Waals surface area contributed by atoms with E-state index in [1.807, 2.05) is 49.4 Å². The zero-order valence-corrected chi connectivity index (χ0v) is 15.0. The first-order valence-corrected chi connectivity index (χ1v) is 8.83. The van der Waals surface area contributed by atoms with E-state index in [1.165, 1.54) is 0 Å². The number of hydrogen-bond donors (Lipinski definition) is 1. The number of nitrogens with zero attached hydrogens (tertiary/aromatic N) is 1. The molecule has 1 aliphatic rings.